The minimum Gasteiger partial charge on any atom is -0.462 e. The summed E-state index contributed by atoms with van der Waals surface area (Å²) in [7, 11) is 0. The molecule has 2 rings (SSSR count). The molecule has 104 valence electrons. The molecule has 0 unspecified atom stereocenters. The van der Waals surface area contributed by atoms with Gasteiger partial charge in [0.15, 0.2) is 0 Å². The van der Waals surface area contributed by atoms with E-state index in [2.05, 4.69) is 0 Å². The van der Waals surface area contributed by atoms with Gasteiger partial charge in [0.25, 0.3) is 0 Å². The predicted octanol–water partition coefficient (Wildman–Crippen LogP) is 3.89. The van der Waals surface area contributed by atoms with Crippen molar-refractivity contribution in [3.8, 4) is 11.5 Å². The van der Waals surface area contributed by atoms with Crippen LogP contribution in [-0.2, 0) is 4.74 Å². The van der Waals surface area contributed by atoms with Crippen LogP contribution in [0.15, 0.2) is 42.5 Å². The van der Waals surface area contributed by atoms with Crippen molar-refractivity contribution >= 4 is 23.3 Å². The molecule has 0 aliphatic carbocycles. The van der Waals surface area contributed by atoms with E-state index in [1.807, 2.05) is 0 Å². The fourth-order valence-electron chi connectivity index (χ4n) is 1.63. The Morgan fingerprint density at radius 2 is 1.90 bits per heavy atom. The van der Waals surface area contributed by atoms with Gasteiger partial charge in [0.2, 0.25) is 0 Å². The van der Waals surface area contributed by atoms with E-state index in [-0.39, 0.29) is 6.61 Å². The molecule has 0 saturated carbocycles. The van der Waals surface area contributed by atoms with Crippen molar-refractivity contribution in [2.75, 3.05) is 12.3 Å². The zero-order valence-electron chi connectivity index (χ0n) is 10.9. The predicted molar refractivity (Wildman–Crippen MR) is 78.3 cm³/mol. The number of carbonyl (C=O) groups is 1. The fraction of sp³-hybridized carbons (Fsp3) is 0.133. The minimum absolute atomic E-state index is 0.286. The van der Waals surface area contributed by atoms with Gasteiger partial charge in [0.1, 0.15) is 17.1 Å². The van der Waals surface area contributed by atoms with Crippen molar-refractivity contribution in [1.82, 2.24) is 0 Å². The fourth-order valence-corrected chi connectivity index (χ4v) is 1.76. The van der Waals surface area contributed by atoms with Crippen molar-refractivity contribution in [3.63, 3.8) is 0 Å². The standard InChI is InChI=1S/C15H14ClNO3/c1-2-19-15(18)13-9-11(17)5-8-14(13)20-12-6-3-10(16)4-7-12/h3-9H,2,17H2,1H3. The van der Waals surface area contributed by atoms with Gasteiger partial charge in [-0.05, 0) is 49.4 Å². The topological polar surface area (TPSA) is 61.5 Å². The average molecular weight is 292 g/mol. The molecule has 5 heteroatoms. The summed E-state index contributed by atoms with van der Waals surface area (Å²) in [5, 5.41) is 0.611. The summed E-state index contributed by atoms with van der Waals surface area (Å²) in [4.78, 5) is 11.9. The van der Waals surface area contributed by atoms with Gasteiger partial charge in [-0.25, -0.2) is 4.79 Å². The van der Waals surface area contributed by atoms with Crippen molar-refractivity contribution in [3.05, 3.63) is 53.1 Å². The maximum Gasteiger partial charge on any atom is 0.342 e. The van der Waals surface area contributed by atoms with Gasteiger partial charge >= 0.3 is 5.97 Å². The van der Waals surface area contributed by atoms with E-state index in [9.17, 15) is 4.79 Å². The Morgan fingerprint density at radius 1 is 1.20 bits per heavy atom. The smallest absolute Gasteiger partial charge is 0.342 e. The van der Waals surface area contributed by atoms with Crippen LogP contribution >= 0.6 is 11.6 Å². The molecule has 2 aromatic rings. The molecule has 0 spiro atoms. The summed E-state index contributed by atoms with van der Waals surface area (Å²) in [5.41, 5.74) is 6.46. The van der Waals surface area contributed by atoms with Gasteiger partial charge in [0, 0.05) is 10.7 Å². The number of nitrogens with two attached hydrogens (primary N) is 1. The highest BCUT2D eigenvalue weighted by molar-refractivity contribution is 6.30. The maximum absolute atomic E-state index is 11.9. The molecule has 0 heterocycles. The first-order valence-corrected chi connectivity index (χ1v) is 6.48. The number of hydrogen-bond donors (Lipinski definition) is 1. The van der Waals surface area contributed by atoms with E-state index in [0.717, 1.165) is 0 Å². The van der Waals surface area contributed by atoms with Crippen LogP contribution in [0.4, 0.5) is 5.69 Å². The summed E-state index contributed by atoms with van der Waals surface area (Å²) < 4.78 is 10.7. The molecule has 0 aliphatic heterocycles. The quantitative estimate of drug-likeness (QED) is 0.686. The molecule has 20 heavy (non-hydrogen) atoms. The lowest BCUT2D eigenvalue weighted by molar-refractivity contribution is 0.0523. The summed E-state index contributed by atoms with van der Waals surface area (Å²) in [6, 6.07) is 11.7. The van der Waals surface area contributed by atoms with E-state index >= 15 is 0 Å². The molecule has 4 nitrogen and oxygen atoms in total. The third-order valence-electron chi connectivity index (χ3n) is 2.54. The molecule has 0 aromatic heterocycles. The largest absolute Gasteiger partial charge is 0.462 e. The number of anilines is 1. The van der Waals surface area contributed by atoms with Crippen molar-refractivity contribution in [2.45, 2.75) is 6.92 Å². The molecule has 0 amide bonds. The number of benzene rings is 2. The highest BCUT2D eigenvalue weighted by atomic mass is 35.5. The number of carbonyl (C=O) groups excluding carboxylic acids is 1. The minimum atomic E-state index is -0.469. The van der Waals surface area contributed by atoms with Crippen molar-refractivity contribution in [2.24, 2.45) is 0 Å². The number of rotatable bonds is 4. The maximum atomic E-state index is 11.9. The van der Waals surface area contributed by atoms with Crippen LogP contribution in [0.25, 0.3) is 0 Å². The van der Waals surface area contributed by atoms with Crippen molar-refractivity contribution < 1.29 is 14.3 Å². The second-order valence-corrected chi connectivity index (χ2v) is 4.47. The molecule has 0 fully saturated rings. The molecular weight excluding hydrogens is 278 g/mol. The Bertz CT molecular complexity index is 611. The van der Waals surface area contributed by atoms with Gasteiger partial charge in [-0.15, -0.1) is 0 Å². The SMILES string of the molecule is CCOC(=O)c1cc(N)ccc1Oc1ccc(Cl)cc1. The van der Waals surface area contributed by atoms with Gasteiger partial charge in [-0.2, -0.15) is 0 Å². The monoisotopic (exact) mass is 291 g/mol. The number of esters is 1. The lowest BCUT2D eigenvalue weighted by Gasteiger charge is -2.11. The molecule has 0 saturated heterocycles. The zero-order valence-corrected chi connectivity index (χ0v) is 11.7. The number of halogens is 1. The first-order valence-electron chi connectivity index (χ1n) is 6.10. The van der Waals surface area contributed by atoms with Gasteiger partial charge in [-0.3, -0.25) is 0 Å². The first-order chi connectivity index (χ1) is 9.60. The highest BCUT2D eigenvalue weighted by Gasteiger charge is 2.15. The van der Waals surface area contributed by atoms with E-state index in [1.54, 1.807) is 43.3 Å². The van der Waals surface area contributed by atoms with Crippen LogP contribution < -0.4 is 10.5 Å². The summed E-state index contributed by atoms with van der Waals surface area (Å²) in [6.45, 7) is 2.03. The highest BCUT2D eigenvalue weighted by Crippen LogP contribution is 2.28. The van der Waals surface area contributed by atoms with Gasteiger partial charge in [0.05, 0.1) is 6.61 Å². The first kappa shape index (κ1) is 14.2. The van der Waals surface area contributed by atoms with E-state index in [0.29, 0.717) is 27.8 Å². The van der Waals surface area contributed by atoms with Crippen LogP contribution in [0.5, 0.6) is 11.5 Å². The third-order valence-corrected chi connectivity index (χ3v) is 2.79. The van der Waals surface area contributed by atoms with Crippen LogP contribution in [0, 0.1) is 0 Å². The molecule has 0 radical (unpaired) electrons. The Kier molecular flexibility index (Phi) is 4.48. The van der Waals surface area contributed by atoms with Crippen LogP contribution in [0.3, 0.4) is 0 Å². The summed E-state index contributed by atoms with van der Waals surface area (Å²) in [5.74, 6) is 0.494. The Balaban J connectivity index is 2.31. The lowest BCUT2D eigenvalue weighted by Crippen LogP contribution is -2.07. The third kappa shape index (κ3) is 3.42. The average Bonchev–Trinajstić information content (AvgIpc) is 2.43. The molecule has 0 atom stereocenters. The van der Waals surface area contributed by atoms with Gasteiger partial charge in [-0.1, -0.05) is 11.6 Å². The van der Waals surface area contributed by atoms with Gasteiger partial charge < -0.3 is 15.2 Å². The normalized spacial score (nSPS) is 10.1. The Morgan fingerprint density at radius 3 is 2.55 bits per heavy atom. The zero-order chi connectivity index (χ0) is 14.5. The second kappa shape index (κ2) is 6.30. The summed E-state index contributed by atoms with van der Waals surface area (Å²) >= 11 is 5.81. The van der Waals surface area contributed by atoms with E-state index in [1.165, 1.54) is 6.07 Å². The molecular formula is C15H14ClNO3. The van der Waals surface area contributed by atoms with Crippen LogP contribution in [-0.4, -0.2) is 12.6 Å². The lowest BCUT2D eigenvalue weighted by atomic mass is 10.2. The number of ether oxygens (including phenoxy) is 2. The summed E-state index contributed by atoms with van der Waals surface area (Å²) in [6.07, 6.45) is 0. The second-order valence-electron chi connectivity index (χ2n) is 4.03. The van der Waals surface area contributed by atoms with Crippen LogP contribution in [0.1, 0.15) is 17.3 Å². The molecule has 2 N–H and O–H groups in total. The van der Waals surface area contributed by atoms with Crippen LogP contribution in [0.2, 0.25) is 5.02 Å². The van der Waals surface area contributed by atoms with E-state index < -0.39 is 5.97 Å². The number of hydrogen-bond acceptors (Lipinski definition) is 4. The molecule has 0 aliphatic rings. The Labute approximate surface area is 122 Å². The molecule has 2 aromatic carbocycles. The Hall–Kier alpha value is -2.20. The van der Waals surface area contributed by atoms with Crippen molar-refractivity contribution in [1.29, 1.82) is 0 Å². The molecule has 0 bridgehead atoms. The number of nitrogen functional groups attached to an aromatic ring is 1. The van der Waals surface area contributed by atoms with E-state index in [4.69, 9.17) is 26.8 Å².